The molecule has 1 aliphatic heterocycles. The van der Waals surface area contributed by atoms with Crippen LogP contribution in [-0.2, 0) is 17.6 Å². The third kappa shape index (κ3) is 4.51. The summed E-state index contributed by atoms with van der Waals surface area (Å²) in [6, 6.07) is 19.8. The topological polar surface area (TPSA) is 97.1 Å². The van der Waals surface area contributed by atoms with Crippen molar-refractivity contribution >= 4 is 29.1 Å². The number of hydrogen-bond donors (Lipinski definition) is 3. The van der Waals surface area contributed by atoms with E-state index in [1.165, 1.54) is 11.6 Å². The predicted molar refractivity (Wildman–Crippen MR) is 124 cm³/mol. The summed E-state index contributed by atoms with van der Waals surface area (Å²) in [5, 5.41) is 12.2. The Bertz CT molecular complexity index is 1330. The first-order valence-corrected chi connectivity index (χ1v) is 10.5. The van der Waals surface area contributed by atoms with Crippen molar-refractivity contribution in [3.05, 3.63) is 89.8 Å². The van der Waals surface area contributed by atoms with Gasteiger partial charge in [-0.15, -0.1) is 0 Å². The van der Waals surface area contributed by atoms with Gasteiger partial charge in [0.2, 0.25) is 6.79 Å². The Kier molecular flexibility index (Phi) is 5.65. The molecule has 3 heterocycles. The number of aromatic nitrogens is 2. The zero-order valence-electron chi connectivity index (χ0n) is 17.7. The van der Waals surface area contributed by atoms with E-state index >= 15 is 0 Å². The molecule has 0 bridgehead atoms. The Balaban J connectivity index is 1.51. The standard InChI is InChI=1S/C25H22N4O4/c30-24(28-31)13-8-18-7-12-23-27-20(10-6-17-4-2-1-3-5-17)25(29(23)15-18)26-19-9-11-21-22(14-19)33-16-32-21/h1-5,7-9,11-15,26,31H,6,10,16H2,(H,28,30)/b13-8+. The van der Waals surface area contributed by atoms with Gasteiger partial charge in [-0.25, -0.2) is 10.5 Å². The lowest BCUT2D eigenvalue weighted by atomic mass is 10.1. The molecule has 166 valence electrons. The van der Waals surface area contributed by atoms with E-state index in [0.29, 0.717) is 5.75 Å². The average molecular weight is 442 g/mol. The molecule has 0 aliphatic carbocycles. The zero-order valence-corrected chi connectivity index (χ0v) is 17.7. The maximum absolute atomic E-state index is 11.4. The fraction of sp³-hybridized carbons (Fsp3) is 0.120. The number of rotatable bonds is 7. The Morgan fingerprint density at radius 2 is 1.91 bits per heavy atom. The summed E-state index contributed by atoms with van der Waals surface area (Å²) in [5.41, 5.74) is 6.17. The summed E-state index contributed by atoms with van der Waals surface area (Å²) in [4.78, 5) is 16.2. The molecule has 0 saturated heterocycles. The second-order valence-electron chi connectivity index (χ2n) is 7.59. The molecule has 0 unspecified atom stereocenters. The number of fused-ring (bicyclic) bond motifs is 2. The molecular formula is C25H22N4O4. The largest absolute Gasteiger partial charge is 0.454 e. The number of benzene rings is 2. The van der Waals surface area contributed by atoms with E-state index in [1.807, 2.05) is 59.1 Å². The minimum absolute atomic E-state index is 0.216. The van der Waals surface area contributed by atoms with Crippen molar-refractivity contribution < 1.29 is 19.5 Å². The van der Waals surface area contributed by atoms with Crippen molar-refractivity contribution in [1.82, 2.24) is 14.9 Å². The van der Waals surface area contributed by atoms with Gasteiger partial charge in [-0.1, -0.05) is 30.3 Å². The van der Waals surface area contributed by atoms with Crippen LogP contribution in [0.25, 0.3) is 11.7 Å². The summed E-state index contributed by atoms with van der Waals surface area (Å²) < 4.78 is 12.9. The van der Waals surface area contributed by atoms with Crippen molar-refractivity contribution in [3.63, 3.8) is 0 Å². The van der Waals surface area contributed by atoms with Crippen LogP contribution in [0.3, 0.4) is 0 Å². The number of aryl methyl sites for hydroxylation is 2. The van der Waals surface area contributed by atoms with Crippen molar-refractivity contribution in [2.75, 3.05) is 12.1 Å². The molecule has 0 fully saturated rings. The quantitative estimate of drug-likeness (QED) is 0.226. The van der Waals surface area contributed by atoms with E-state index in [0.717, 1.165) is 47.0 Å². The first kappa shape index (κ1) is 20.6. The molecule has 0 spiro atoms. The summed E-state index contributed by atoms with van der Waals surface area (Å²) in [7, 11) is 0. The normalized spacial score (nSPS) is 12.4. The number of imidazole rings is 1. The Morgan fingerprint density at radius 1 is 1.06 bits per heavy atom. The first-order valence-electron chi connectivity index (χ1n) is 10.5. The van der Waals surface area contributed by atoms with Crippen molar-refractivity contribution in [1.29, 1.82) is 0 Å². The summed E-state index contributed by atoms with van der Waals surface area (Å²) in [6.07, 6.45) is 6.38. The van der Waals surface area contributed by atoms with Gasteiger partial charge in [0.25, 0.3) is 5.91 Å². The summed E-state index contributed by atoms with van der Waals surface area (Å²) in [5.74, 6) is 1.65. The molecule has 33 heavy (non-hydrogen) atoms. The lowest BCUT2D eigenvalue weighted by Crippen LogP contribution is -2.14. The Morgan fingerprint density at radius 3 is 2.76 bits per heavy atom. The number of anilines is 2. The molecule has 0 saturated carbocycles. The fourth-order valence-corrected chi connectivity index (χ4v) is 3.74. The van der Waals surface area contributed by atoms with E-state index in [4.69, 9.17) is 19.7 Å². The number of nitrogens with zero attached hydrogens (tertiary/aromatic N) is 2. The number of hydroxylamine groups is 1. The van der Waals surface area contributed by atoms with Crippen LogP contribution in [0.2, 0.25) is 0 Å². The number of ether oxygens (including phenoxy) is 2. The number of pyridine rings is 1. The van der Waals surface area contributed by atoms with E-state index < -0.39 is 5.91 Å². The third-order valence-corrected chi connectivity index (χ3v) is 5.38. The number of hydrogen-bond acceptors (Lipinski definition) is 6. The van der Waals surface area contributed by atoms with Gasteiger partial charge in [-0.05, 0) is 54.3 Å². The molecule has 8 heteroatoms. The number of carbonyl (C=O) groups excluding carboxylic acids is 1. The van der Waals surface area contributed by atoms with E-state index in [2.05, 4.69) is 17.4 Å². The monoisotopic (exact) mass is 442 g/mol. The van der Waals surface area contributed by atoms with E-state index in [1.54, 1.807) is 11.6 Å². The smallest absolute Gasteiger partial charge is 0.267 e. The minimum Gasteiger partial charge on any atom is -0.454 e. The summed E-state index contributed by atoms with van der Waals surface area (Å²) >= 11 is 0. The fourth-order valence-electron chi connectivity index (χ4n) is 3.74. The molecule has 5 rings (SSSR count). The van der Waals surface area contributed by atoms with Gasteiger partial charge in [0, 0.05) is 24.0 Å². The van der Waals surface area contributed by atoms with Crippen LogP contribution in [0.1, 0.15) is 16.8 Å². The van der Waals surface area contributed by atoms with Crippen LogP contribution in [-0.4, -0.2) is 27.3 Å². The molecule has 2 aromatic heterocycles. The van der Waals surface area contributed by atoms with Crippen LogP contribution in [0, 0.1) is 0 Å². The molecule has 8 nitrogen and oxygen atoms in total. The molecule has 1 amide bonds. The van der Waals surface area contributed by atoms with Gasteiger partial charge in [-0.2, -0.15) is 0 Å². The highest BCUT2D eigenvalue weighted by atomic mass is 16.7. The summed E-state index contributed by atoms with van der Waals surface area (Å²) in [6.45, 7) is 0.216. The van der Waals surface area contributed by atoms with Gasteiger partial charge >= 0.3 is 0 Å². The first-order chi connectivity index (χ1) is 16.2. The number of nitrogens with one attached hydrogen (secondary N) is 2. The highest BCUT2D eigenvalue weighted by Gasteiger charge is 2.17. The van der Waals surface area contributed by atoms with Gasteiger partial charge in [0.15, 0.2) is 11.5 Å². The number of carbonyl (C=O) groups is 1. The van der Waals surface area contributed by atoms with Gasteiger partial charge in [0.1, 0.15) is 11.5 Å². The molecular weight excluding hydrogens is 420 g/mol. The second-order valence-corrected chi connectivity index (χ2v) is 7.59. The van der Waals surface area contributed by atoms with Crippen LogP contribution in [0.4, 0.5) is 11.5 Å². The highest BCUT2D eigenvalue weighted by molar-refractivity contribution is 5.90. The number of amides is 1. The average Bonchev–Trinajstić information content (AvgIpc) is 3.46. The van der Waals surface area contributed by atoms with Gasteiger partial charge < -0.3 is 14.8 Å². The molecule has 1 aliphatic rings. The molecule has 2 aromatic carbocycles. The van der Waals surface area contributed by atoms with Crippen LogP contribution < -0.4 is 20.3 Å². The molecule has 3 N–H and O–H groups in total. The third-order valence-electron chi connectivity index (χ3n) is 5.38. The lowest BCUT2D eigenvalue weighted by Gasteiger charge is -2.10. The van der Waals surface area contributed by atoms with Crippen molar-refractivity contribution in [2.24, 2.45) is 0 Å². The van der Waals surface area contributed by atoms with E-state index in [-0.39, 0.29) is 6.79 Å². The Hall–Kier alpha value is -4.30. The Labute approximate surface area is 190 Å². The van der Waals surface area contributed by atoms with Gasteiger partial charge in [-0.3, -0.25) is 14.4 Å². The second kappa shape index (κ2) is 9.05. The van der Waals surface area contributed by atoms with Crippen molar-refractivity contribution in [3.8, 4) is 11.5 Å². The van der Waals surface area contributed by atoms with Gasteiger partial charge in [0.05, 0.1) is 5.69 Å². The van der Waals surface area contributed by atoms with Crippen LogP contribution >= 0.6 is 0 Å². The highest BCUT2D eigenvalue weighted by Crippen LogP contribution is 2.35. The minimum atomic E-state index is -0.594. The van der Waals surface area contributed by atoms with Crippen LogP contribution in [0.5, 0.6) is 11.5 Å². The molecule has 0 radical (unpaired) electrons. The lowest BCUT2D eigenvalue weighted by molar-refractivity contribution is -0.124. The zero-order chi connectivity index (χ0) is 22.6. The predicted octanol–water partition coefficient (Wildman–Crippen LogP) is 4.11. The van der Waals surface area contributed by atoms with Crippen LogP contribution in [0.15, 0.2) is 72.9 Å². The SMILES string of the molecule is O=C(/C=C/c1ccc2nc(CCc3ccccc3)c(Nc3ccc4c(c3)OCO4)n2c1)NO. The maximum Gasteiger partial charge on any atom is 0.267 e. The molecule has 0 atom stereocenters. The maximum atomic E-state index is 11.4. The van der Waals surface area contributed by atoms with Crippen molar-refractivity contribution in [2.45, 2.75) is 12.8 Å². The van der Waals surface area contributed by atoms with E-state index in [9.17, 15) is 4.79 Å². The molecule has 4 aromatic rings.